The van der Waals surface area contributed by atoms with Crippen LogP contribution in [0.1, 0.15) is 153 Å². The van der Waals surface area contributed by atoms with Gasteiger partial charge in [0.05, 0.1) is 0 Å². The fourth-order valence-electron chi connectivity index (χ4n) is 6.97. The van der Waals surface area contributed by atoms with Crippen molar-refractivity contribution in [3.05, 3.63) is 96.1 Å². The van der Waals surface area contributed by atoms with E-state index in [1.807, 2.05) is 0 Å². The molecule has 0 aromatic heterocycles. The van der Waals surface area contributed by atoms with Crippen molar-refractivity contribution < 1.29 is 0 Å². The minimum absolute atomic E-state index is 1.21. The van der Waals surface area contributed by atoms with Crippen molar-refractivity contribution in [3.8, 4) is 22.3 Å². The van der Waals surface area contributed by atoms with E-state index in [1.54, 1.807) is 0 Å². The number of rotatable bonds is 24. The summed E-state index contributed by atoms with van der Waals surface area (Å²) in [6, 6.07) is 32.5. The first-order valence-electron chi connectivity index (χ1n) is 19.5. The molecule has 0 aliphatic carbocycles. The maximum atomic E-state index is 2.35. The van der Waals surface area contributed by atoms with Gasteiger partial charge < -0.3 is 0 Å². The first-order chi connectivity index (χ1) is 22.8. The molecule has 0 aliphatic heterocycles. The summed E-state index contributed by atoms with van der Waals surface area (Å²) in [4.78, 5) is 0. The van der Waals surface area contributed by atoms with Crippen molar-refractivity contribution >= 4 is 10.8 Å². The topological polar surface area (TPSA) is 0 Å². The van der Waals surface area contributed by atoms with Crippen LogP contribution < -0.4 is 0 Å². The van der Waals surface area contributed by atoms with Gasteiger partial charge in [-0.2, -0.15) is 0 Å². The Kier molecular flexibility index (Phi) is 17.1. The van der Waals surface area contributed by atoms with Crippen LogP contribution in [0.3, 0.4) is 0 Å². The fourth-order valence-corrected chi connectivity index (χ4v) is 6.97. The zero-order valence-corrected chi connectivity index (χ0v) is 29.6. The monoisotopic (exact) mass is 617 g/mol. The molecule has 0 aliphatic rings. The second kappa shape index (κ2) is 21.8. The van der Waals surface area contributed by atoms with Crippen molar-refractivity contribution in [1.82, 2.24) is 0 Å². The van der Waals surface area contributed by atoms with Crippen LogP contribution in [-0.2, 0) is 12.8 Å². The Morgan fingerprint density at radius 2 is 0.565 bits per heavy atom. The van der Waals surface area contributed by atoms with Gasteiger partial charge >= 0.3 is 0 Å². The summed E-state index contributed by atoms with van der Waals surface area (Å²) in [6.45, 7) is 4.59. The van der Waals surface area contributed by atoms with Gasteiger partial charge in [0.2, 0.25) is 0 Å². The highest BCUT2D eigenvalue weighted by atomic mass is 14.1. The largest absolute Gasteiger partial charge is 0.0654 e. The van der Waals surface area contributed by atoms with Gasteiger partial charge in [-0.1, -0.05) is 202 Å². The average molecular weight is 617 g/mol. The summed E-state index contributed by atoms with van der Waals surface area (Å²) in [5.41, 5.74) is 8.20. The number of fused-ring (bicyclic) bond motifs is 1. The SMILES string of the molecule is CCCCCCCCCCCCc1ccc(-c2ccc3cc(-c4ccc(CCCCCCCCCCCC)cc4)ccc3c2)cc1. The van der Waals surface area contributed by atoms with Crippen LogP contribution in [0.15, 0.2) is 84.9 Å². The molecule has 4 rings (SSSR count). The maximum Gasteiger partial charge on any atom is -0.0177 e. The minimum Gasteiger partial charge on any atom is -0.0654 e. The predicted molar refractivity (Wildman–Crippen MR) is 206 cm³/mol. The van der Waals surface area contributed by atoms with E-state index in [0.717, 1.165) is 0 Å². The molecule has 248 valence electrons. The Morgan fingerprint density at radius 3 is 0.891 bits per heavy atom. The van der Waals surface area contributed by atoms with Gasteiger partial charge in [0, 0.05) is 0 Å². The summed E-state index contributed by atoms with van der Waals surface area (Å²) in [5.74, 6) is 0. The quantitative estimate of drug-likeness (QED) is 0.0687. The number of benzene rings is 4. The van der Waals surface area contributed by atoms with Gasteiger partial charge in [-0.25, -0.2) is 0 Å². The summed E-state index contributed by atoms with van der Waals surface area (Å²) >= 11 is 0. The molecule has 0 nitrogen and oxygen atoms in total. The van der Waals surface area contributed by atoms with Crippen LogP contribution in [-0.4, -0.2) is 0 Å². The number of hydrogen-bond donors (Lipinski definition) is 0. The van der Waals surface area contributed by atoms with E-state index in [0.29, 0.717) is 0 Å². The van der Waals surface area contributed by atoms with E-state index in [-0.39, 0.29) is 0 Å². The molecular formula is C46H64. The highest BCUT2D eigenvalue weighted by Crippen LogP contribution is 2.29. The molecule has 4 aromatic carbocycles. The predicted octanol–water partition coefficient (Wildman–Crippen LogP) is 15.1. The number of aryl methyl sites for hydroxylation is 2. The molecule has 0 N–H and O–H groups in total. The van der Waals surface area contributed by atoms with Crippen molar-refractivity contribution in [3.63, 3.8) is 0 Å². The number of unbranched alkanes of at least 4 members (excludes halogenated alkanes) is 18. The van der Waals surface area contributed by atoms with Crippen LogP contribution in [0.4, 0.5) is 0 Å². The van der Waals surface area contributed by atoms with E-state index in [1.165, 1.54) is 185 Å². The molecule has 0 unspecified atom stereocenters. The molecule has 0 saturated carbocycles. The fraction of sp³-hybridized carbons (Fsp3) is 0.522. The molecule has 46 heavy (non-hydrogen) atoms. The van der Waals surface area contributed by atoms with Crippen molar-refractivity contribution in [2.24, 2.45) is 0 Å². The third kappa shape index (κ3) is 13.1. The van der Waals surface area contributed by atoms with Crippen molar-refractivity contribution in [2.75, 3.05) is 0 Å². The zero-order valence-electron chi connectivity index (χ0n) is 29.6. The molecule has 0 atom stereocenters. The van der Waals surface area contributed by atoms with E-state index in [9.17, 15) is 0 Å². The Bertz CT molecular complexity index is 1240. The lowest BCUT2D eigenvalue weighted by molar-refractivity contribution is 0.556. The van der Waals surface area contributed by atoms with Crippen molar-refractivity contribution in [2.45, 2.75) is 155 Å². The maximum absolute atomic E-state index is 2.35. The zero-order chi connectivity index (χ0) is 32.1. The smallest absolute Gasteiger partial charge is 0.0177 e. The average Bonchev–Trinajstić information content (AvgIpc) is 3.10. The first-order valence-corrected chi connectivity index (χ1v) is 19.5. The van der Waals surface area contributed by atoms with E-state index in [2.05, 4.69) is 98.8 Å². The normalized spacial score (nSPS) is 11.4. The summed E-state index contributed by atoms with van der Waals surface area (Å²) < 4.78 is 0. The van der Waals surface area contributed by atoms with E-state index < -0.39 is 0 Å². The molecule has 0 bridgehead atoms. The Balaban J connectivity index is 1.17. The Labute approximate surface area is 283 Å². The van der Waals surface area contributed by atoms with E-state index >= 15 is 0 Å². The van der Waals surface area contributed by atoms with Gasteiger partial charge in [-0.05, 0) is 82.0 Å². The van der Waals surface area contributed by atoms with Crippen LogP contribution in [0.25, 0.3) is 33.0 Å². The van der Waals surface area contributed by atoms with Gasteiger partial charge in [0.25, 0.3) is 0 Å². The molecule has 0 amide bonds. The molecular weight excluding hydrogens is 553 g/mol. The second-order valence-corrected chi connectivity index (χ2v) is 14.0. The van der Waals surface area contributed by atoms with Crippen LogP contribution in [0.2, 0.25) is 0 Å². The highest BCUT2D eigenvalue weighted by Gasteiger charge is 2.05. The van der Waals surface area contributed by atoms with Crippen LogP contribution in [0.5, 0.6) is 0 Å². The molecule has 0 radical (unpaired) electrons. The summed E-state index contributed by atoms with van der Waals surface area (Å²) in [5, 5.41) is 2.63. The number of hydrogen-bond acceptors (Lipinski definition) is 0. The van der Waals surface area contributed by atoms with Crippen molar-refractivity contribution in [1.29, 1.82) is 0 Å². The standard InChI is InChI=1S/C46H64/c1-3-5-7-9-11-13-15-17-19-21-23-39-25-29-41(30-26-39)43-33-35-46-38-44(34-36-45(46)37-43)42-31-27-40(28-32-42)24-22-20-18-16-14-12-10-8-6-4-2/h25-38H,3-24H2,1-2H3. The summed E-state index contributed by atoms with van der Waals surface area (Å²) in [7, 11) is 0. The molecule has 4 aromatic rings. The first kappa shape index (κ1) is 36.0. The third-order valence-electron chi connectivity index (χ3n) is 10.1. The van der Waals surface area contributed by atoms with Crippen LogP contribution in [0, 0.1) is 0 Å². The van der Waals surface area contributed by atoms with E-state index in [4.69, 9.17) is 0 Å². The van der Waals surface area contributed by atoms with Gasteiger partial charge in [-0.15, -0.1) is 0 Å². The molecule has 0 heteroatoms. The lowest BCUT2D eigenvalue weighted by Gasteiger charge is -2.09. The lowest BCUT2D eigenvalue weighted by Crippen LogP contribution is -1.88. The lowest BCUT2D eigenvalue weighted by atomic mass is 9.96. The van der Waals surface area contributed by atoms with Gasteiger partial charge in [-0.3, -0.25) is 0 Å². The molecule has 0 saturated heterocycles. The summed E-state index contributed by atoms with van der Waals surface area (Å²) in [6.07, 6.45) is 30.4. The highest BCUT2D eigenvalue weighted by molar-refractivity contribution is 5.90. The molecule has 0 spiro atoms. The minimum atomic E-state index is 1.21. The van der Waals surface area contributed by atoms with Gasteiger partial charge in [0.1, 0.15) is 0 Å². The third-order valence-corrected chi connectivity index (χ3v) is 10.1. The molecule has 0 fully saturated rings. The second-order valence-electron chi connectivity index (χ2n) is 14.0. The van der Waals surface area contributed by atoms with Gasteiger partial charge in [0.15, 0.2) is 0 Å². The Morgan fingerprint density at radius 1 is 0.283 bits per heavy atom. The van der Waals surface area contributed by atoms with Crippen LogP contribution >= 0.6 is 0 Å². The Hall–Kier alpha value is -2.86. The molecule has 0 heterocycles.